The number of rotatable bonds is 4. The lowest BCUT2D eigenvalue weighted by atomic mass is 9.91. The Kier molecular flexibility index (Phi) is 5.28. The molecule has 1 saturated heterocycles. The molecule has 0 unspecified atom stereocenters. The van der Waals surface area contributed by atoms with Crippen LogP contribution in [0.3, 0.4) is 0 Å². The maximum atomic E-state index is 13.3. The van der Waals surface area contributed by atoms with Gasteiger partial charge in [-0.1, -0.05) is 13.0 Å². The first kappa shape index (κ1) is 21.1. The van der Waals surface area contributed by atoms with E-state index >= 15 is 0 Å². The molecule has 0 bridgehead atoms. The number of aromatic nitrogens is 2. The van der Waals surface area contributed by atoms with E-state index in [2.05, 4.69) is 21.3 Å². The molecule has 1 aliphatic heterocycles. The third kappa shape index (κ3) is 3.81. The molecular formula is C24H28FN5OS. The summed E-state index contributed by atoms with van der Waals surface area (Å²) in [6.07, 6.45) is 3.25. The lowest BCUT2D eigenvalue weighted by Gasteiger charge is -2.27. The highest BCUT2D eigenvalue weighted by molar-refractivity contribution is 7.21. The van der Waals surface area contributed by atoms with Crippen LogP contribution in [0.15, 0.2) is 24.3 Å². The van der Waals surface area contributed by atoms with E-state index in [9.17, 15) is 9.18 Å². The molecule has 3 N–H and O–H groups in total. The fourth-order valence-electron chi connectivity index (χ4n) is 4.74. The average Bonchev–Trinajstić information content (AvgIpc) is 3.34. The summed E-state index contributed by atoms with van der Waals surface area (Å²) in [5, 5.41) is 4.00. The fraction of sp³-hybridized carbons (Fsp3) is 0.458. The number of thiophene rings is 1. The Morgan fingerprint density at radius 2 is 2.19 bits per heavy atom. The molecule has 168 valence electrons. The van der Waals surface area contributed by atoms with Crippen molar-refractivity contribution in [1.29, 1.82) is 0 Å². The molecule has 5 rings (SSSR count). The highest BCUT2D eigenvalue weighted by Crippen LogP contribution is 2.35. The van der Waals surface area contributed by atoms with Crippen molar-refractivity contribution < 1.29 is 9.18 Å². The zero-order chi connectivity index (χ0) is 22.5. The smallest absolute Gasteiger partial charge is 0.263 e. The van der Waals surface area contributed by atoms with E-state index in [-0.39, 0.29) is 24.0 Å². The first-order valence-corrected chi connectivity index (χ1v) is 11.9. The molecule has 1 aliphatic carbocycles. The normalized spacial score (nSPS) is 22.8. The zero-order valence-electron chi connectivity index (χ0n) is 18.4. The summed E-state index contributed by atoms with van der Waals surface area (Å²) >= 11 is 1.35. The predicted molar refractivity (Wildman–Crippen MR) is 127 cm³/mol. The second-order valence-electron chi connectivity index (χ2n) is 9.45. The number of hydrogen-bond donors (Lipinski definition) is 2. The van der Waals surface area contributed by atoms with Gasteiger partial charge in [-0.05, 0) is 56.4 Å². The van der Waals surface area contributed by atoms with Crippen molar-refractivity contribution in [2.45, 2.75) is 45.6 Å². The minimum Gasteiger partial charge on any atom is -0.397 e. The number of aryl methyl sites for hydroxylation is 2. The summed E-state index contributed by atoms with van der Waals surface area (Å²) in [4.78, 5) is 25.8. The van der Waals surface area contributed by atoms with Crippen molar-refractivity contribution in [3.05, 3.63) is 46.1 Å². The number of nitrogens with zero attached hydrogens (tertiary/aromatic N) is 3. The molecule has 2 atom stereocenters. The van der Waals surface area contributed by atoms with E-state index in [4.69, 9.17) is 10.7 Å². The molecule has 1 fully saturated rings. The second kappa shape index (κ2) is 7.99. The number of carbonyl (C=O) groups excluding carboxylic acids is 1. The van der Waals surface area contributed by atoms with Gasteiger partial charge >= 0.3 is 0 Å². The first-order chi connectivity index (χ1) is 15.3. The van der Waals surface area contributed by atoms with Gasteiger partial charge < -0.3 is 16.0 Å². The summed E-state index contributed by atoms with van der Waals surface area (Å²) in [7, 11) is 0. The Bertz CT molecular complexity index is 1190. The van der Waals surface area contributed by atoms with Crippen LogP contribution in [0.4, 0.5) is 15.9 Å². The number of alkyl halides is 1. The molecule has 2 aliphatic rings. The van der Waals surface area contributed by atoms with Gasteiger partial charge in [-0.2, -0.15) is 0 Å². The van der Waals surface area contributed by atoms with Gasteiger partial charge in [0.1, 0.15) is 15.5 Å². The second-order valence-corrected chi connectivity index (χ2v) is 10.5. The topological polar surface area (TPSA) is 84.1 Å². The summed E-state index contributed by atoms with van der Waals surface area (Å²) in [5.41, 5.74) is 9.64. The summed E-state index contributed by atoms with van der Waals surface area (Å²) in [5.74, 6) is 0.799. The van der Waals surface area contributed by atoms with Crippen LogP contribution >= 0.6 is 11.3 Å². The van der Waals surface area contributed by atoms with Crippen molar-refractivity contribution >= 4 is 39.0 Å². The van der Waals surface area contributed by atoms with Gasteiger partial charge in [0.25, 0.3) is 5.91 Å². The molecule has 3 aromatic heterocycles. The van der Waals surface area contributed by atoms with E-state index in [0.29, 0.717) is 17.1 Å². The van der Waals surface area contributed by atoms with Crippen LogP contribution in [-0.2, 0) is 12.8 Å². The molecule has 0 radical (unpaired) electrons. The maximum absolute atomic E-state index is 13.3. The van der Waals surface area contributed by atoms with E-state index in [1.807, 2.05) is 32.0 Å². The number of pyridine rings is 2. The number of nitrogen functional groups attached to an aromatic ring is 1. The van der Waals surface area contributed by atoms with Crippen LogP contribution in [0.25, 0.3) is 10.2 Å². The molecular weight excluding hydrogens is 425 g/mol. The number of amides is 1. The minimum absolute atomic E-state index is 0.0450. The van der Waals surface area contributed by atoms with Crippen LogP contribution in [0.1, 0.15) is 46.4 Å². The number of nitrogens with one attached hydrogen (secondary N) is 1. The molecule has 8 heteroatoms. The average molecular weight is 454 g/mol. The van der Waals surface area contributed by atoms with Crippen LogP contribution in [0, 0.1) is 12.3 Å². The van der Waals surface area contributed by atoms with Crippen molar-refractivity contribution in [2.75, 3.05) is 30.4 Å². The van der Waals surface area contributed by atoms with Crippen LogP contribution in [0.2, 0.25) is 0 Å². The van der Waals surface area contributed by atoms with Gasteiger partial charge in [0.2, 0.25) is 0 Å². The summed E-state index contributed by atoms with van der Waals surface area (Å²) < 4.78 is 13.3. The predicted octanol–water partition coefficient (Wildman–Crippen LogP) is 4.06. The molecule has 6 nitrogen and oxygen atoms in total. The van der Waals surface area contributed by atoms with Crippen molar-refractivity contribution in [3.63, 3.8) is 0 Å². The molecule has 0 aromatic carbocycles. The van der Waals surface area contributed by atoms with Gasteiger partial charge in [-0.25, -0.2) is 9.97 Å². The number of anilines is 2. The fourth-order valence-corrected chi connectivity index (χ4v) is 5.78. The first-order valence-electron chi connectivity index (χ1n) is 11.1. The van der Waals surface area contributed by atoms with Gasteiger partial charge in [0.15, 0.2) is 0 Å². The number of hydrogen-bond acceptors (Lipinski definition) is 6. The van der Waals surface area contributed by atoms with Crippen molar-refractivity contribution in [1.82, 2.24) is 15.3 Å². The SMILES string of the molecule is Cc1ccc2c(N)c(C(=O)N[C@H]3CCc4nc(N5CC[C@](C)(CF)C5)ccc4C3)sc2n1. The Labute approximate surface area is 191 Å². The minimum atomic E-state index is -0.296. The number of halogens is 1. The molecule has 4 heterocycles. The van der Waals surface area contributed by atoms with Gasteiger partial charge in [0.05, 0.1) is 12.4 Å². The van der Waals surface area contributed by atoms with Crippen LogP contribution < -0.4 is 16.0 Å². The summed E-state index contributed by atoms with van der Waals surface area (Å²) in [6, 6.07) is 8.03. The number of nitrogens with two attached hydrogens (primary N) is 1. The lowest BCUT2D eigenvalue weighted by Crippen LogP contribution is -2.39. The van der Waals surface area contributed by atoms with Gasteiger partial charge in [-0.3, -0.25) is 9.18 Å². The Morgan fingerprint density at radius 1 is 1.34 bits per heavy atom. The molecule has 0 saturated carbocycles. The number of carbonyl (C=O) groups is 1. The quantitative estimate of drug-likeness (QED) is 0.623. The molecule has 3 aromatic rings. The van der Waals surface area contributed by atoms with E-state index in [1.165, 1.54) is 16.9 Å². The van der Waals surface area contributed by atoms with Crippen LogP contribution in [0.5, 0.6) is 0 Å². The van der Waals surface area contributed by atoms with Gasteiger partial charge in [-0.15, -0.1) is 11.3 Å². The van der Waals surface area contributed by atoms with E-state index < -0.39 is 0 Å². The monoisotopic (exact) mass is 453 g/mol. The third-order valence-corrected chi connectivity index (χ3v) is 7.84. The summed E-state index contributed by atoms with van der Waals surface area (Å²) in [6.45, 7) is 5.18. The van der Waals surface area contributed by atoms with Crippen molar-refractivity contribution in [3.8, 4) is 0 Å². The molecule has 32 heavy (non-hydrogen) atoms. The Morgan fingerprint density at radius 3 is 2.97 bits per heavy atom. The highest BCUT2D eigenvalue weighted by Gasteiger charge is 2.35. The van der Waals surface area contributed by atoms with E-state index in [0.717, 1.165) is 59.7 Å². The zero-order valence-corrected chi connectivity index (χ0v) is 19.3. The highest BCUT2D eigenvalue weighted by atomic mass is 32.1. The van der Waals surface area contributed by atoms with Crippen molar-refractivity contribution in [2.24, 2.45) is 5.41 Å². The third-order valence-electron chi connectivity index (χ3n) is 6.73. The molecule has 1 amide bonds. The van der Waals surface area contributed by atoms with Gasteiger partial charge in [0, 0.05) is 41.3 Å². The van der Waals surface area contributed by atoms with Crippen LogP contribution in [-0.4, -0.2) is 41.7 Å². The standard InChI is InChI=1S/C24H28FN5OS/c1-14-3-6-17-20(26)21(32-23(17)27-14)22(31)28-16-5-7-18-15(11-16)4-8-19(29-18)30-10-9-24(2,12-25)13-30/h3-4,6,8,16H,5,7,9-13,26H2,1-2H3,(H,28,31)/t16-,24+/m0/s1. The molecule has 0 spiro atoms. The Hall–Kier alpha value is -2.74. The maximum Gasteiger partial charge on any atom is 0.263 e. The number of fused-ring (bicyclic) bond motifs is 2. The Balaban J connectivity index is 1.28. The largest absolute Gasteiger partial charge is 0.397 e. The lowest BCUT2D eigenvalue weighted by molar-refractivity contribution is 0.0938. The van der Waals surface area contributed by atoms with E-state index in [1.54, 1.807) is 0 Å².